The van der Waals surface area contributed by atoms with Crippen molar-refractivity contribution in [1.29, 1.82) is 0 Å². The third-order valence-corrected chi connectivity index (χ3v) is 3.89. The Balaban J connectivity index is 2.03. The average molecular weight is 226 g/mol. The fourth-order valence-electron chi connectivity index (χ4n) is 2.98. The molecule has 2 aromatic rings. The van der Waals surface area contributed by atoms with E-state index in [2.05, 4.69) is 47.8 Å². The summed E-state index contributed by atoms with van der Waals surface area (Å²) in [4.78, 5) is 0. The molecule has 0 radical (unpaired) electrons. The normalized spacial score (nSPS) is 21.3. The first-order chi connectivity index (χ1) is 8.45. The molecule has 0 amide bonds. The molecule has 0 saturated carbocycles. The molecule has 1 heteroatoms. The Hall–Kier alpha value is -1.34. The minimum absolute atomic E-state index is 0.670. The predicted molar refractivity (Wildman–Crippen MR) is 71.9 cm³/mol. The van der Waals surface area contributed by atoms with E-state index in [1.165, 1.54) is 48.6 Å². The summed E-state index contributed by atoms with van der Waals surface area (Å²) in [5.41, 5.74) is 1.53. The van der Waals surface area contributed by atoms with Gasteiger partial charge in [-0.05, 0) is 30.0 Å². The highest BCUT2D eigenvalue weighted by atomic mass is 14.9. The lowest BCUT2D eigenvalue weighted by Gasteiger charge is -2.15. The zero-order chi connectivity index (χ0) is 11.5. The molecule has 0 bridgehead atoms. The van der Waals surface area contributed by atoms with Gasteiger partial charge in [0.15, 0.2) is 0 Å². The van der Waals surface area contributed by atoms with Crippen LogP contribution in [0.15, 0.2) is 42.5 Å². The number of quaternary nitrogens is 1. The van der Waals surface area contributed by atoms with Crippen molar-refractivity contribution in [3.8, 4) is 0 Å². The third kappa shape index (κ3) is 2.20. The summed E-state index contributed by atoms with van der Waals surface area (Å²) in [6.45, 7) is 1.29. The zero-order valence-electron chi connectivity index (χ0n) is 10.2. The van der Waals surface area contributed by atoms with Crippen LogP contribution in [0.3, 0.4) is 0 Å². The second-order valence-corrected chi connectivity index (χ2v) is 5.05. The topological polar surface area (TPSA) is 16.6 Å². The standard InChI is InChI=1S/C16H19N/c1-2-11-16(17-12-5-1)15-10-6-8-13-7-3-4-9-14(13)15/h3-4,6-10,16-17H,1-2,5,11-12H2/p+1/t16-/m1/s1. The van der Waals surface area contributed by atoms with E-state index >= 15 is 0 Å². The van der Waals surface area contributed by atoms with Crippen LogP contribution in [0.2, 0.25) is 0 Å². The minimum Gasteiger partial charge on any atom is -0.340 e. The van der Waals surface area contributed by atoms with Crippen molar-refractivity contribution in [2.45, 2.75) is 31.7 Å². The summed E-state index contributed by atoms with van der Waals surface area (Å²) in [5.74, 6) is 0. The quantitative estimate of drug-likeness (QED) is 0.770. The smallest absolute Gasteiger partial charge is 0.112 e. The molecule has 88 valence electrons. The van der Waals surface area contributed by atoms with Gasteiger partial charge in [0, 0.05) is 12.0 Å². The molecular weight excluding hydrogens is 206 g/mol. The lowest BCUT2D eigenvalue weighted by Crippen LogP contribution is -2.84. The van der Waals surface area contributed by atoms with Gasteiger partial charge < -0.3 is 5.32 Å². The number of nitrogens with two attached hydrogens (primary N) is 1. The molecule has 0 unspecified atom stereocenters. The molecule has 2 aromatic carbocycles. The Kier molecular flexibility index (Phi) is 3.10. The van der Waals surface area contributed by atoms with Gasteiger partial charge in [-0.2, -0.15) is 0 Å². The Morgan fingerprint density at radius 3 is 2.76 bits per heavy atom. The molecular formula is C16H20N+. The second-order valence-electron chi connectivity index (χ2n) is 5.05. The average Bonchev–Trinajstić information content (AvgIpc) is 2.67. The second kappa shape index (κ2) is 4.89. The maximum absolute atomic E-state index is 2.54. The number of fused-ring (bicyclic) bond motifs is 1. The highest BCUT2D eigenvalue weighted by Crippen LogP contribution is 2.26. The van der Waals surface area contributed by atoms with Gasteiger partial charge in [-0.3, -0.25) is 0 Å². The van der Waals surface area contributed by atoms with Gasteiger partial charge in [-0.15, -0.1) is 0 Å². The minimum atomic E-state index is 0.670. The summed E-state index contributed by atoms with van der Waals surface area (Å²) in [7, 11) is 0. The van der Waals surface area contributed by atoms with Crippen molar-refractivity contribution in [3.63, 3.8) is 0 Å². The van der Waals surface area contributed by atoms with Crippen LogP contribution in [0.4, 0.5) is 0 Å². The fourth-order valence-corrected chi connectivity index (χ4v) is 2.98. The van der Waals surface area contributed by atoms with Gasteiger partial charge >= 0.3 is 0 Å². The van der Waals surface area contributed by atoms with E-state index in [1.54, 1.807) is 0 Å². The van der Waals surface area contributed by atoms with Crippen molar-refractivity contribution < 1.29 is 5.32 Å². The predicted octanol–water partition coefficient (Wildman–Crippen LogP) is 3.02. The molecule has 1 heterocycles. The lowest BCUT2D eigenvalue weighted by atomic mass is 9.96. The molecule has 1 nitrogen and oxygen atoms in total. The number of rotatable bonds is 1. The summed E-state index contributed by atoms with van der Waals surface area (Å²) in [6.07, 6.45) is 5.48. The highest BCUT2D eigenvalue weighted by molar-refractivity contribution is 5.85. The van der Waals surface area contributed by atoms with Crippen LogP contribution in [0.1, 0.15) is 37.3 Å². The van der Waals surface area contributed by atoms with Crippen molar-refractivity contribution >= 4 is 10.8 Å². The van der Waals surface area contributed by atoms with Gasteiger partial charge in [0.05, 0.1) is 6.54 Å². The number of hydrogen-bond acceptors (Lipinski definition) is 0. The lowest BCUT2D eigenvalue weighted by molar-refractivity contribution is -0.694. The van der Waals surface area contributed by atoms with Crippen LogP contribution >= 0.6 is 0 Å². The van der Waals surface area contributed by atoms with Crippen LogP contribution in [0.5, 0.6) is 0 Å². The maximum Gasteiger partial charge on any atom is 0.112 e. The molecule has 0 spiro atoms. The first-order valence-electron chi connectivity index (χ1n) is 6.76. The summed E-state index contributed by atoms with van der Waals surface area (Å²) in [6, 6.07) is 16.2. The Morgan fingerprint density at radius 1 is 0.882 bits per heavy atom. The molecule has 1 saturated heterocycles. The molecule has 17 heavy (non-hydrogen) atoms. The van der Waals surface area contributed by atoms with Crippen molar-refractivity contribution in [2.75, 3.05) is 6.54 Å². The maximum atomic E-state index is 2.54. The van der Waals surface area contributed by atoms with E-state index in [0.29, 0.717) is 6.04 Å². The molecule has 1 fully saturated rings. The van der Waals surface area contributed by atoms with E-state index in [4.69, 9.17) is 0 Å². The highest BCUT2D eigenvalue weighted by Gasteiger charge is 2.18. The van der Waals surface area contributed by atoms with E-state index in [9.17, 15) is 0 Å². The fraction of sp³-hybridized carbons (Fsp3) is 0.375. The van der Waals surface area contributed by atoms with E-state index in [-0.39, 0.29) is 0 Å². The van der Waals surface area contributed by atoms with Crippen molar-refractivity contribution in [1.82, 2.24) is 0 Å². The van der Waals surface area contributed by atoms with Gasteiger partial charge in [-0.1, -0.05) is 42.5 Å². The van der Waals surface area contributed by atoms with Crippen molar-refractivity contribution in [3.05, 3.63) is 48.0 Å². The van der Waals surface area contributed by atoms with Gasteiger partial charge in [0.1, 0.15) is 6.04 Å². The Morgan fingerprint density at radius 2 is 1.76 bits per heavy atom. The van der Waals surface area contributed by atoms with Crippen LogP contribution < -0.4 is 5.32 Å². The zero-order valence-corrected chi connectivity index (χ0v) is 10.2. The van der Waals surface area contributed by atoms with Gasteiger partial charge in [0.2, 0.25) is 0 Å². The molecule has 1 aliphatic heterocycles. The summed E-state index contributed by atoms with van der Waals surface area (Å²) in [5, 5.41) is 5.36. The third-order valence-electron chi connectivity index (χ3n) is 3.89. The SMILES string of the molecule is c1ccc2c([C@H]3CCCCC[NH2+]3)cccc2c1. The van der Waals surface area contributed by atoms with Gasteiger partial charge in [0.25, 0.3) is 0 Å². The first-order valence-corrected chi connectivity index (χ1v) is 6.76. The largest absolute Gasteiger partial charge is 0.340 e. The van der Waals surface area contributed by atoms with Crippen LogP contribution in [0, 0.1) is 0 Å². The molecule has 0 aromatic heterocycles. The Labute approximate surface area is 103 Å². The Bertz CT molecular complexity index is 490. The van der Waals surface area contributed by atoms with Crippen LogP contribution in [-0.4, -0.2) is 6.54 Å². The van der Waals surface area contributed by atoms with Gasteiger partial charge in [-0.25, -0.2) is 0 Å². The number of hydrogen-bond donors (Lipinski definition) is 1. The molecule has 1 atom stereocenters. The van der Waals surface area contributed by atoms with Crippen molar-refractivity contribution in [2.24, 2.45) is 0 Å². The summed E-state index contributed by atoms with van der Waals surface area (Å²) < 4.78 is 0. The van der Waals surface area contributed by atoms with Crippen LogP contribution in [-0.2, 0) is 0 Å². The van der Waals surface area contributed by atoms with E-state index < -0.39 is 0 Å². The molecule has 2 N–H and O–H groups in total. The van der Waals surface area contributed by atoms with E-state index in [1.807, 2.05) is 0 Å². The molecule has 3 rings (SSSR count). The van der Waals surface area contributed by atoms with E-state index in [0.717, 1.165) is 0 Å². The molecule has 0 aliphatic carbocycles. The van der Waals surface area contributed by atoms with Crippen LogP contribution in [0.25, 0.3) is 10.8 Å². The monoisotopic (exact) mass is 226 g/mol. The molecule has 1 aliphatic rings. The number of benzene rings is 2. The summed E-state index contributed by atoms with van der Waals surface area (Å²) >= 11 is 0. The first kappa shape index (κ1) is 10.8.